The molecule has 3 aromatic rings. The van der Waals surface area contributed by atoms with Crippen molar-refractivity contribution in [3.05, 3.63) is 52.1 Å². The average Bonchev–Trinajstić information content (AvgIpc) is 3.31. The number of para-hydroxylation sites is 1. The minimum absolute atomic E-state index is 0.0436. The zero-order valence-corrected chi connectivity index (χ0v) is 16.4. The lowest BCUT2D eigenvalue weighted by molar-refractivity contribution is -0.127. The van der Waals surface area contributed by atoms with Crippen molar-refractivity contribution in [2.24, 2.45) is 0 Å². The summed E-state index contributed by atoms with van der Waals surface area (Å²) in [5, 5.41) is 6.81. The number of nitrogens with zero attached hydrogens (tertiary/aromatic N) is 2. The maximum atomic E-state index is 12.8. The summed E-state index contributed by atoms with van der Waals surface area (Å²) < 4.78 is 0. The molecule has 6 nitrogen and oxygen atoms in total. The lowest BCUT2D eigenvalue weighted by Crippen LogP contribution is -2.32. The van der Waals surface area contributed by atoms with E-state index in [1.54, 1.807) is 11.3 Å². The molecule has 1 aromatic carbocycles. The van der Waals surface area contributed by atoms with Gasteiger partial charge in [0.2, 0.25) is 0 Å². The topological polar surface area (TPSA) is 78.1 Å². The van der Waals surface area contributed by atoms with Gasteiger partial charge >= 0.3 is 6.03 Å². The van der Waals surface area contributed by atoms with Crippen molar-refractivity contribution >= 4 is 34.2 Å². The fraction of sp³-hybridized carbons (Fsp3) is 0.350. The highest BCUT2D eigenvalue weighted by atomic mass is 32.1. The van der Waals surface area contributed by atoms with E-state index in [1.165, 1.54) is 4.90 Å². The normalized spacial score (nSPS) is 17.7. The number of aromatic amines is 1. The number of urea groups is 1. The fourth-order valence-corrected chi connectivity index (χ4v) is 4.17. The Bertz CT molecular complexity index is 1010. The first kappa shape index (κ1) is 17.7. The fourth-order valence-electron chi connectivity index (χ4n) is 3.27. The Balaban J connectivity index is 1.49. The van der Waals surface area contributed by atoms with Crippen LogP contribution in [0.25, 0.3) is 10.9 Å². The molecule has 7 heteroatoms. The molecule has 1 aliphatic rings. The highest BCUT2D eigenvalue weighted by Gasteiger charge is 2.38. The molecule has 4 rings (SSSR count). The Morgan fingerprint density at radius 3 is 2.74 bits per heavy atom. The number of amides is 3. The molecule has 2 aromatic heterocycles. The minimum atomic E-state index is -0.544. The van der Waals surface area contributed by atoms with Crippen LogP contribution in [-0.2, 0) is 23.2 Å². The van der Waals surface area contributed by atoms with Gasteiger partial charge in [-0.2, -0.15) is 0 Å². The molecule has 140 valence electrons. The van der Waals surface area contributed by atoms with Crippen LogP contribution in [0.3, 0.4) is 0 Å². The van der Waals surface area contributed by atoms with E-state index in [4.69, 9.17) is 0 Å². The van der Waals surface area contributed by atoms with Gasteiger partial charge in [0.05, 0.1) is 17.2 Å². The first-order valence-corrected chi connectivity index (χ1v) is 9.82. The van der Waals surface area contributed by atoms with E-state index >= 15 is 0 Å². The molecule has 3 heterocycles. The molecule has 1 fully saturated rings. The van der Waals surface area contributed by atoms with Gasteiger partial charge < -0.3 is 10.3 Å². The van der Waals surface area contributed by atoms with E-state index in [2.05, 4.69) is 36.1 Å². The van der Waals surface area contributed by atoms with Crippen molar-refractivity contribution in [3.63, 3.8) is 0 Å². The van der Waals surface area contributed by atoms with Crippen LogP contribution in [0.15, 0.2) is 35.8 Å². The van der Waals surface area contributed by atoms with E-state index in [0.29, 0.717) is 6.42 Å². The standard InChI is InChI=1S/C20H22N4O2S/c1-20(2,3)18-22-13(11-27-18)10-24-17(25)16(23-19(24)26)8-12-9-21-15-7-5-4-6-14(12)15/h4-7,9,11,16,21H,8,10H2,1-3H3,(H,23,26)/t16-/m1/s1. The highest BCUT2D eigenvalue weighted by molar-refractivity contribution is 7.09. The summed E-state index contributed by atoms with van der Waals surface area (Å²) in [7, 11) is 0. The van der Waals surface area contributed by atoms with Gasteiger partial charge in [-0.15, -0.1) is 11.3 Å². The lowest BCUT2D eigenvalue weighted by Gasteiger charge is -2.14. The number of thiazole rings is 1. The zero-order valence-electron chi connectivity index (χ0n) is 15.6. The number of fused-ring (bicyclic) bond motifs is 1. The van der Waals surface area contributed by atoms with Gasteiger partial charge in [-0.3, -0.25) is 9.69 Å². The van der Waals surface area contributed by atoms with Gasteiger partial charge in [0.1, 0.15) is 6.04 Å². The van der Waals surface area contributed by atoms with Crippen LogP contribution >= 0.6 is 11.3 Å². The van der Waals surface area contributed by atoms with E-state index in [-0.39, 0.29) is 23.9 Å². The number of carbonyl (C=O) groups is 2. The zero-order chi connectivity index (χ0) is 19.2. The summed E-state index contributed by atoms with van der Waals surface area (Å²) in [5.41, 5.74) is 2.76. The number of hydrogen-bond donors (Lipinski definition) is 2. The molecule has 3 amide bonds. The van der Waals surface area contributed by atoms with Crippen molar-refractivity contribution in [2.45, 2.75) is 45.2 Å². The van der Waals surface area contributed by atoms with Crippen LogP contribution < -0.4 is 5.32 Å². The molecule has 1 saturated heterocycles. The van der Waals surface area contributed by atoms with Crippen LogP contribution in [0.1, 0.15) is 37.0 Å². The second kappa shape index (κ2) is 6.49. The summed E-state index contributed by atoms with van der Waals surface area (Å²) in [6.45, 7) is 6.50. The van der Waals surface area contributed by atoms with Crippen LogP contribution in [0.4, 0.5) is 4.79 Å². The molecule has 0 saturated carbocycles. The van der Waals surface area contributed by atoms with Crippen LogP contribution in [0.2, 0.25) is 0 Å². The van der Waals surface area contributed by atoms with Gasteiger partial charge in [0.25, 0.3) is 5.91 Å². The smallest absolute Gasteiger partial charge is 0.325 e. The van der Waals surface area contributed by atoms with Gasteiger partial charge in [-0.25, -0.2) is 9.78 Å². The Morgan fingerprint density at radius 2 is 2.00 bits per heavy atom. The predicted octanol–water partition coefficient (Wildman–Crippen LogP) is 3.59. The third-order valence-electron chi connectivity index (χ3n) is 4.72. The van der Waals surface area contributed by atoms with Gasteiger partial charge in [0.15, 0.2) is 0 Å². The molecule has 0 unspecified atom stereocenters. The minimum Gasteiger partial charge on any atom is -0.361 e. The molecule has 0 spiro atoms. The number of imide groups is 1. The number of rotatable bonds is 4. The summed E-state index contributed by atoms with van der Waals surface area (Å²) in [5.74, 6) is -0.199. The summed E-state index contributed by atoms with van der Waals surface area (Å²) in [6, 6.07) is 7.05. The molecular weight excluding hydrogens is 360 g/mol. The third-order valence-corrected chi connectivity index (χ3v) is 6.04. The second-order valence-corrected chi connectivity index (χ2v) is 8.74. The maximum absolute atomic E-state index is 12.8. The summed E-state index contributed by atoms with van der Waals surface area (Å²) in [6.07, 6.45) is 2.37. The van der Waals surface area contributed by atoms with E-state index < -0.39 is 6.04 Å². The molecule has 0 bridgehead atoms. The van der Waals surface area contributed by atoms with Crippen molar-refractivity contribution in [2.75, 3.05) is 0 Å². The Morgan fingerprint density at radius 1 is 1.22 bits per heavy atom. The van der Waals surface area contributed by atoms with Gasteiger partial charge in [0, 0.05) is 34.3 Å². The highest BCUT2D eigenvalue weighted by Crippen LogP contribution is 2.27. The SMILES string of the molecule is CC(C)(C)c1nc(CN2C(=O)N[C@H](Cc3c[nH]c4ccccc34)C2=O)cs1. The number of nitrogens with one attached hydrogen (secondary N) is 2. The van der Waals surface area contributed by atoms with Crippen molar-refractivity contribution in [1.82, 2.24) is 20.2 Å². The number of aromatic nitrogens is 2. The Labute approximate surface area is 161 Å². The molecule has 1 aliphatic heterocycles. The number of H-pyrrole nitrogens is 1. The summed E-state index contributed by atoms with van der Waals surface area (Å²) in [4.78, 5) is 34.2. The first-order chi connectivity index (χ1) is 12.8. The quantitative estimate of drug-likeness (QED) is 0.677. The molecule has 0 aliphatic carbocycles. The Kier molecular flexibility index (Phi) is 4.26. The van der Waals surface area contributed by atoms with Crippen LogP contribution in [0, 0.1) is 0 Å². The average molecular weight is 382 g/mol. The van der Waals surface area contributed by atoms with E-state index in [9.17, 15) is 9.59 Å². The number of carbonyl (C=O) groups excluding carboxylic acids is 2. The van der Waals surface area contributed by atoms with E-state index in [1.807, 2.05) is 35.8 Å². The third kappa shape index (κ3) is 3.35. The largest absolute Gasteiger partial charge is 0.361 e. The second-order valence-electron chi connectivity index (χ2n) is 7.88. The van der Waals surface area contributed by atoms with Gasteiger partial charge in [-0.05, 0) is 11.6 Å². The first-order valence-electron chi connectivity index (χ1n) is 8.94. The molecular formula is C20H22N4O2S. The monoisotopic (exact) mass is 382 g/mol. The lowest BCUT2D eigenvalue weighted by atomic mass is 9.98. The number of hydrogen-bond acceptors (Lipinski definition) is 4. The molecule has 2 N–H and O–H groups in total. The van der Waals surface area contributed by atoms with Crippen LogP contribution in [0.5, 0.6) is 0 Å². The van der Waals surface area contributed by atoms with Gasteiger partial charge in [-0.1, -0.05) is 39.0 Å². The van der Waals surface area contributed by atoms with E-state index in [0.717, 1.165) is 27.2 Å². The molecule has 1 atom stereocenters. The molecule has 27 heavy (non-hydrogen) atoms. The van der Waals surface area contributed by atoms with Crippen molar-refractivity contribution in [3.8, 4) is 0 Å². The van der Waals surface area contributed by atoms with Crippen molar-refractivity contribution in [1.29, 1.82) is 0 Å². The maximum Gasteiger partial charge on any atom is 0.325 e. The van der Waals surface area contributed by atoms with Crippen LogP contribution in [-0.4, -0.2) is 32.8 Å². The Hall–Kier alpha value is -2.67. The van der Waals surface area contributed by atoms with Crippen molar-refractivity contribution < 1.29 is 9.59 Å². The number of benzene rings is 1. The molecule has 0 radical (unpaired) electrons. The summed E-state index contributed by atoms with van der Waals surface area (Å²) >= 11 is 1.56. The predicted molar refractivity (Wildman–Crippen MR) is 106 cm³/mol.